The molecule has 0 radical (unpaired) electrons. The van der Waals surface area contributed by atoms with Crippen LogP contribution in [0.15, 0.2) is 18.2 Å². The highest BCUT2D eigenvalue weighted by Gasteiger charge is 2.21. The largest absolute Gasteiger partial charge is 0.398 e. The van der Waals surface area contributed by atoms with Crippen LogP contribution >= 0.6 is 0 Å². The van der Waals surface area contributed by atoms with Gasteiger partial charge in [0, 0.05) is 30.4 Å². The number of nitrogens with zero attached hydrogens (tertiary/aromatic N) is 1. The van der Waals surface area contributed by atoms with Crippen LogP contribution in [0.5, 0.6) is 0 Å². The second-order valence-electron chi connectivity index (χ2n) is 5.61. The van der Waals surface area contributed by atoms with Crippen LogP contribution in [0.25, 0.3) is 0 Å². The number of likely N-dealkylation sites (tertiary alicyclic amines) is 1. The van der Waals surface area contributed by atoms with Crippen molar-refractivity contribution in [2.45, 2.75) is 39.2 Å². The Bertz CT molecular complexity index is 465. The summed E-state index contributed by atoms with van der Waals surface area (Å²) in [5, 5.41) is 3.14. The fourth-order valence-electron chi connectivity index (χ4n) is 2.78. The Labute approximate surface area is 121 Å². The smallest absolute Gasteiger partial charge is 0.251 e. The van der Waals surface area contributed by atoms with Gasteiger partial charge in [-0.05, 0) is 50.4 Å². The molecule has 0 unspecified atom stereocenters. The van der Waals surface area contributed by atoms with Gasteiger partial charge in [0.25, 0.3) is 5.91 Å². The molecule has 0 aliphatic carbocycles. The maximum absolute atomic E-state index is 12.3. The predicted molar refractivity (Wildman–Crippen MR) is 82.8 cm³/mol. The van der Waals surface area contributed by atoms with E-state index in [0.717, 1.165) is 38.0 Å². The number of nitrogens with one attached hydrogen (secondary N) is 1. The van der Waals surface area contributed by atoms with Gasteiger partial charge >= 0.3 is 0 Å². The molecular formula is C16H25N3O. The lowest BCUT2D eigenvalue weighted by Crippen LogP contribution is -2.44. The number of hydrogen-bond acceptors (Lipinski definition) is 3. The molecule has 1 aromatic rings. The van der Waals surface area contributed by atoms with Gasteiger partial charge in [-0.3, -0.25) is 4.79 Å². The predicted octanol–water partition coefficient (Wildman–Crippen LogP) is 2.18. The summed E-state index contributed by atoms with van der Waals surface area (Å²) in [4.78, 5) is 14.8. The van der Waals surface area contributed by atoms with Gasteiger partial charge in [-0.25, -0.2) is 0 Å². The zero-order valence-corrected chi connectivity index (χ0v) is 12.5. The van der Waals surface area contributed by atoms with Crippen LogP contribution in [0.4, 0.5) is 5.69 Å². The highest BCUT2D eigenvalue weighted by atomic mass is 16.1. The average Bonchev–Trinajstić information content (AvgIpc) is 2.44. The van der Waals surface area contributed by atoms with Crippen molar-refractivity contribution in [3.8, 4) is 0 Å². The molecule has 20 heavy (non-hydrogen) atoms. The summed E-state index contributed by atoms with van der Waals surface area (Å²) in [6, 6.07) is 5.79. The molecule has 4 nitrogen and oxygen atoms in total. The molecule has 3 N–H and O–H groups in total. The molecule has 1 fully saturated rings. The first-order valence-electron chi connectivity index (χ1n) is 7.50. The molecule has 2 rings (SSSR count). The number of benzene rings is 1. The number of nitrogen functional groups attached to an aromatic ring is 1. The van der Waals surface area contributed by atoms with E-state index < -0.39 is 0 Å². The fraction of sp³-hybridized carbons (Fsp3) is 0.562. The van der Waals surface area contributed by atoms with Crippen molar-refractivity contribution in [2.24, 2.45) is 0 Å². The Balaban J connectivity index is 1.91. The lowest BCUT2D eigenvalue weighted by molar-refractivity contribution is 0.0910. The lowest BCUT2D eigenvalue weighted by atomic mass is 10.0. The van der Waals surface area contributed by atoms with E-state index in [1.807, 2.05) is 25.1 Å². The van der Waals surface area contributed by atoms with E-state index >= 15 is 0 Å². The highest BCUT2D eigenvalue weighted by molar-refractivity contribution is 5.97. The van der Waals surface area contributed by atoms with E-state index in [1.54, 1.807) is 0 Å². The Morgan fingerprint density at radius 3 is 2.75 bits per heavy atom. The molecule has 0 saturated carbocycles. The number of hydrogen-bond donors (Lipinski definition) is 2. The Morgan fingerprint density at radius 1 is 1.40 bits per heavy atom. The van der Waals surface area contributed by atoms with Crippen molar-refractivity contribution >= 4 is 11.6 Å². The number of carbonyl (C=O) groups excluding carboxylic acids is 1. The zero-order chi connectivity index (χ0) is 14.5. The van der Waals surface area contributed by atoms with Crippen LogP contribution in [0.1, 0.15) is 42.1 Å². The summed E-state index contributed by atoms with van der Waals surface area (Å²) in [5.41, 5.74) is 8.10. The van der Waals surface area contributed by atoms with Crippen LogP contribution < -0.4 is 11.1 Å². The number of rotatable bonds is 4. The van der Waals surface area contributed by atoms with Gasteiger partial charge in [-0.15, -0.1) is 0 Å². The van der Waals surface area contributed by atoms with Crippen LogP contribution in [0.2, 0.25) is 0 Å². The van der Waals surface area contributed by atoms with E-state index in [2.05, 4.69) is 17.1 Å². The molecule has 1 heterocycles. The third-order valence-electron chi connectivity index (χ3n) is 4.08. The maximum atomic E-state index is 12.3. The van der Waals surface area contributed by atoms with Crippen LogP contribution in [0.3, 0.4) is 0 Å². The number of anilines is 1. The monoisotopic (exact) mass is 275 g/mol. The summed E-state index contributed by atoms with van der Waals surface area (Å²) in [7, 11) is 0. The second-order valence-corrected chi connectivity index (χ2v) is 5.61. The highest BCUT2D eigenvalue weighted by Crippen LogP contribution is 2.17. The number of nitrogens with two attached hydrogens (primary N) is 1. The van der Waals surface area contributed by atoms with Gasteiger partial charge in [0.1, 0.15) is 0 Å². The molecule has 1 aliphatic rings. The van der Waals surface area contributed by atoms with Crippen molar-refractivity contribution in [3.63, 3.8) is 0 Å². The van der Waals surface area contributed by atoms with Crippen LogP contribution in [0, 0.1) is 6.92 Å². The summed E-state index contributed by atoms with van der Waals surface area (Å²) < 4.78 is 0. The summed E-state index contributed by atoms with van der Waals surface area (Å²) in [6.07, 6.45) is 3.26. The van der Waals surface area contributed by atoms with Gasteiger partial charge in [-0.1, -0.05) is 13.0 Å². The van der Waals surface area contributed by atoms with E-state index in [4.69, 9.17) is 5.73 Å². The van der Waals surface area contributed by atoms with E-state index in [9.17, 15) is 4.79 Å². The van der Waals surface area contributed by atoms with Crippen molar-refractivity contribution < 1.29 is 4.79 Å². The van der Waals surface area contributed by atoms with Gasteiger partial charge in [-0.2, -0.15) is 0 Å². The Morgan fingerprint density at radius 2 is 2.10 bits per heavy atom. The minimum absolute atomic E-state index is 0.00346. The van der Waals surface area contributed by atoms with E-state index in [1.165, 1.54) is 6.42 Å². The maximum Gasteiger partial charge on any atom is 0.251 e. The lowest BCUT2D eigenvalue weighted by Gasteiger charge is -2.32. The summed E-state index contributed by atoms with van der Waals surface area (Å²) >= 11 is 0. The molecular weight excluding hydrogens is 250 g/mol. The minimum atomic E-state index is 0.00346. The van der Waals surface area contributed by atoms with Gasteiger partial charge in [0.15, 0.2) is 0 Å². The van der Waals surface area contributed by atoms with Gasteiger partial charge < -0.3 is 16.0 Å². The quantitative estimate of drug-likeness (QED) is 0.828. The third kappa shape index (κ3) is 3.51. The normalized spacial score (nSPS) is 17.1. The SMILES string of the molecule is CCCN1CCC(NC(=O)c2cccc(N)c2C)CC1. The summed E-state index contributed by atoms with van der Waals surface area (Å²) in [5.74, 6) is 0.00346. The van der Waals surface area contributed by atoms with E-state index in [0.29, 0.717) is 11.3 Å². The summed E-state index contributed by atoms with van der Waals surface area (Å²) in [6.45, 7) is 7.42. The first kappa shape index (κ1) is 14.9. The molecule has 0 aromatic heterocycles. The second kappa shape index (κ2) is 6.75. The van der Waals surface area contributed by atoms with Gasteiger partial charge in [0.05, 0.1) is 0 Å². The standard InChI is InChI=1S/C16H25N3O/c1-3-9-19-10-7-13(8-11-19)18-16(20)14-5-4-6-15(17)12(14)2/h4-6,13H,3,7-11,17H2,1-2H3,(H,18,20). The molecule has 1 saturated heterocycles. The number of piperidine rings is 1. The third-order valence-corrected chi connectivity index (χ3v) is 4.08. The molecule has 0 spiro atoms. The average molecular weight is 275 g/mol. The molecule has 4 heteroatoms. The molecule has 1 aromatic carbocycles. The van der Waals surface area contributed by atoms with Gasteiger partial charge in [0.2, 0.25) is 0 Å². The van der Waals surface area contributed by atoms with Crippen molar-refractivity contribution in [1.82, 2.24) is 10.2 Å². The molecule has 110 valence electrons. The first-order valence-corrected chi connectivity index (χ1v) is 7.50. The molecule has 1 aliphatic heterocycles. The molecule has 1 amide bonds. The topological polar surface area (TPSA) is 58.4 Å². The van der Waals surface area contributed by atoms with Crippen molar-refractivity contribution in [1.29, 1.82) is 0 Å². The van der Waals surface area contributed by atoms with Crippen molar-refractivity contribution in [3.05, 3.63) is 29.3 Å². The van der Waals surface area contributed by atoms with Crippen molar-refractivity contribution in [2.75, 3.05) is 25.4 Å². The first-order chi connectivity index (χ1) is 9.61. The molecule has 0 bridgehead atoms. The Kier molecular flexibility index (Phi) is 5.01. The number of amides is 1. The Hall–Kier alpha value is -1.55. The number of carbonyl (C=O) groups is 1. The van der Waals surface area contributed by atoms with E-state index in [-0.39, 0.29) is 11.9 Å². The molecule has 0 atom stereocenters. The van der Waals surface area contributed by atoms with Crippen LogP contribution in [-0.4, -0.2) is 36.5 Å². The fourth-order valence-corrected chi connectivity index (χ4v) is 2.78. The van der Waals surface area contributed by atoms with Crippen LogP contribution in [-0.2, 0) is 0 Å². The minimum Gasteiger partial charge on any atom is -0.398 e. The zero-order valence-electron chi connectivity index (χ0n) is 12.5.